The van der Waals surface area contributed by atoms with Gasteiger partial charge >= 0.3 is 0 Å². The van der Waals surface area contributed by atoms with E-state index in [1.54, 1.807) is 18.2 Å². The Morgan fingerprint density at radius 3 is 2.61 bits per heavy atom. The van der Waals surface area contributed by atoms with Crippen LogP contribution in [-0.4, -0.2) is 6.61 Å². The Bertz CT molecular complexity index is 398. The fourth-order valence-corrected chi connectivity index (χ4v) is 1.95. The Morgan fingerprint density at radius 1 is 1.17 bits per heavy atom. The summed E-state index contributed by atoms with van der Waals surface area (Å²) in [5.74, 6) is 0.635. The maximum Gasteiger partial charge on any atom is 0.137 e. The van der Waals surface area contributed by atoms with Crippen LogP contribution in [0.3, 0.4) is 0 Å². The van der Waals surface area contributed by atoms with E-state index in [1.165, 1.54) is 32.1 Å². The number of unbranched alkanes of at least 4 members (excludes halogenated alkanes) is 5. The highest BCUT2D eigenvalue weighted by Crippen LogP contribution is 2.22. The number of rotatable bonds is 8. The molecule has 1 rings (SSSR count). The molecule has 0 bridgehead atoms. The van der Waals surface area contributed by atoms with Crippen molar-refractivity contribution in [3.8, 4) is 11.8 Å². The standard InChI is InChI=1S/C15H20ClNO/c1-2-3-4-5-6-7-10-18-15-9-8-14(16)11-13(15)12-17/h8-9,11H,2-7,10H2,1H3. The number of hydrogen-bond donors (Lipinski definition) is 0. The summed E-state index contributed by atoms with van der Waals surface area (Å²) in [6.07, 6.45) is 7.39. The van der Waals surface area contributed by atoms with Gasteiger partial charge in [-0.05, 0) is 24.6 Å². The number of nitrogens with zero attached hydrogens (tertiary/aromatic N) is 1. The van der Waals surface area contributed by atoms with E-state index in [1.807, 2.05) is 0 Å². The predicted octanol–water partition coefficient (Wildman–Crippen LogP) is 4.95. The van der Waals surface area contributed by atoms with E-state index in [4.69, 9.17) is 21.6 Å². The molecule has 18 heavy (non-hydrogen) atoms. The lowest BCUT2D eigenvalue weighted by molar-refractivity contribution is 0.303. The summed E-state index contributed by atoms with van der Waals surface area (Å²) in [6.45, 7) is 2.88. The summed E-state index contributed by atoms with van der Waals surface area (Å²) >= 11 is 5.82. The lowest BCUT2D eigenvalue weighted by atomic mass is 10.1. The molecule has 0 unspecified atom stereocenters. The van der Waals surface area contributed by atoms with E-state index >= 15 is 0 Å². The first kappa shape index (κ1) is 14.9. The summed E-state index contributed by atoms with van der Waals surface area (Å²) < 4.78 is 5.61. The van der Waals surface area contributed by atoms with Crippen LogP contribution in [0.15, 0.2) is 18.2 Å². The van der Waals surface area contributed by atoms with Gasteiger partial charge in [-0.25, -0.2) is 0 Å². The molecule has 0 N–H and O–H groups in total. The third-order valence-electron chi connectivity index (χ3n) is 2.82. The largest absolute Gasteiger partial charge is 0.492 e. The van der Waals surface area contributed by atoms with Crippen molar-refractivity contribution in [2.24, 2.45) is 0 Å². The van der Waals surface area contributed by atoms with Gasteiger partial charge in [-0.15, -0.1) is 0 Å². The van der Waals surface area contributed by atoms with Gasteiger partial charge in [0.15, 0.2) is 0 Å². The molecule has 1 aromatic carbocycles. The lowest BCUT2D eigenvalue weighted by Crippen LogP contribution is -1.99. The van der Waals surface area contributed by atoms with Gasteiger partial charge in [0.25, 0.3) is 0 Å². The molecule has 0 aromatic heterocycles. The van der Waals surface area contributed by atoms with Crippen LogP contribution in [0.4, 0.5) is 0 Å². The van der Waals surface area contributed by atoms with Crippen LogP contribution in [-0.2, 0) is 0 Å². The van der Waals surface area contributed by atoms with Crippen molar-refractivity contribution >= 4 is 11.6 Å². The number of benzene rings is 1. The van der Waals surface area contributed by atoms with Crippen molar-refractivity contribution in [2.45, 2.75) is 45.4 Å². The SMILES string of the molecule is CCCCCCCCOc1ccc(Cl)cc1C#N. The third-order valence-corrected chi connectivity index (χ3v) is 3.05. The van der Waals surface area contributed by atoms with E-state index in [0.717, 1.165) is 6.42 Å². The monoisotopic (exact) mass is 265 g/mol. The van der Waals surface area contributed by atoms with Gasteiger partial charge < -0.3 is 4.74 Å². The van der Waals surface area contributed by atoms with Crippen molar-refractivity contribution in [1.29, 1.82) is 5.26 Å². The second-order valence-corrected chi connectivity index (χ2v) is 4.80. The molecule has 0 amide bonds. The molecule has 3 heteroatoms. The number of ether oxygens (including phenoxy) is 1. The smallest absolute Gasteiger partial charge is 0.137 e. The van der Waals surface area contributed by atoms with E-state index in [9.17, 15) is 0 Å². The maximum atomic E-state index is 8.95. The van der Waals surface area contributed by atoms with Gasteiger partial charge in [0.1, 0.15) is 11.8 Å². The summed E-state index contributed by atoms with van der Waals surface area (Å²) in [6, 6.07) is 7.24. The highest BCUT2D eigenvalue weighted by atomic mass is 35.5. The fraction of sp³-hybridized carbons (Fsp3) is 0.533. The molecule has 0 radical (unpaired) electrons. The van der Waals surface area contributed by atoms with Crippen LogP contribution in [0.5, 0.6) is 5.75 Å². The van der Waals surface area contributed by atoms with E-state index in [2.05, 4.69) is 13.0 Å². The summed E-state index contributed by atoms with van der Waals surface area (Å²) in [4.78, 5) is 0. The molecule has 0 atom stereocenters. The molecule has 0 saturated carbocycles. The van der Waals surface area contributed by atoms with Gasteiger partial charge in [-0.1, -0.05) is 50.6 Å². The van der Waals surface area contributed by atoms with Crippen LogP contribution in [0.1, 0.15) is 51.0 Å². The Labute approximate surface area is 115 Å². The number of halogens is 1. The number of nitriles is 1. The third kappa shape index (κ3) is 5.42. The maximum absolute atomic E-state index is 8.95. The molecule has 0 aliphatic rings. The van der Waals surface area contributed by atoms with E-state index < -0.39 is 0 Å². The molecule has 0 heterocycles. The van der Waals surface area contributed by atoms with E-state index in [0.29, 0.717) is 22.9 Å². The first-order valence-electron chi connectivity index (χ1n) is 6.60. The second-order valence-electron chi connectivity index (χ2n) is 4.37. The minimum absolute atomic E-state index is 0.508. The molecule has 0 aliphatic carbocycles. The van der Waals surface area contributed by atoms with Crippen molar-refractivity contribution in [3.63, 3.8) is 0 Å². The lowest BCUT2D eigenvalue weighted by Gasteiger charge is -2.07. The van der Waals surface area contributed by atoms with Crippen LogP contribution >= 0.6 is 11.6 Å². The van der Waals surface area contributed by atoms with Crippen molar-refractivity contribution in [1.82, 2.24) is 0 Å². The van der Waals surface area contributed by atoms with Gasteiger partial charge in [-0.3, -0.25) is 0 Å². The van der Waals surface area contributed by atoms with Crippen molar-refractivity contribution in [2.75, 3.05) is 6.61 Å². The van der Waals surface area contributed by atoms with Gasteiger partial charge in [0.05, 0.1) is 12.2 Å². The van der Waals surface area contributed by atoms with Crippen LogP contribution < -0.4 is 4.74 Å². The molecule has 0 spiro atoms. The zero-order chi connectivity index (χ0) is 13.2. The Balaban J connectivity index is 2.25. The van der Waals surface area contributed by atoms with Gasteiger partial charge in [-0.2, -0.15) is 5.26 Å². The first-order valence-corrected chi connectivity index (χ1v) is 6.98. The van der Waals surface area contributed by atoms with Gasteiger partial charge in [0.2, 0.25) is 0 Å². The molecule has 0 aliphatic heterocycles. The predicted molar refractivity (Wildman–Crippen MR) is 75.0 cm³/mol. The molecule has 1 aromatic rings. The first-order chi connectivity index (χ1) is 8.77. The molecule has 0 fully saturated rings. The molecule has 98 valence electrons. The van der Waals surface area contributed by atoms with Crippen molar-refractivity contribution < 1.29 is 4.74 Å². The van der Waals surface area contributed by atoms with Crippen LogP contribution in [0.25, 0.3) is 0 Å². The topological polar surface area (TPSA) is 33.0 Å². The fourth-order valence-electron chi connectivity index (χ4n) is 1.78. The highest BCUT2D eigenvalue weighted by molar-refractivity contribution is 6.30. The van der Waals surface area contributed by atoms with Gasteiger partial charge in [0, 0.05) is 5.02 Å². The molecule has 0 saturated heterocycles. The minimum Gasteiger partial charge on any atom is -0.492 e. The number of hydrogen-bond acceptors (Lipinski definition) is 2. The van der Waals surface area contributed by atoms with Crippen LogP contribution in [0, 0.1) is 11.3 Å². The average Bonchev–Trinajstić information content (AvgIpc) is 2.39. The summed E-state index contributed by atoms with van der Waals surface area (Å²) in [5.41, 5.74) is 0.508. The summed E-state index contributed by atoms with van der Waals surface area (Å²) in [5, 5.41) is 9.52. The molecular weight excluding hydrogens is 246 g/mol. The highest BCUT2D eigenvalue weighted by Gasteiger charge is 2.03. The zero-order valence-corrected chi connectivity index (χ0v) is 11.7. The Hall–Kier alpha value is -1.20. The Kier molecular flexibility index (Phi) is 7.29. The minimum atomic E-state index is 0.508. The zero-order valence-electron chi connectivity index (χ0n) is 10.9. The second kappa shape index (κ2) is 8.83. The molecule has 2 nitrogen and oxygen atoms in total. The summed E-state index contributed by atoms with van der Waals surface area (Å²) in [7, 11) is 0. The molecular formula is C15H20ClNO. The Morgan fingerprint density at radius 2 is 1.89 bits per heavy atom. The quantitative estimate of drug-likeness (QED) is 0.623. The normalized spacial score (nSPS) is 10.1. The average molecular weight is 266 g/mol. The van der Waals surface area contributed by atoms with E-state index in [-0.39, 0.29) is 0 Å². The van der Waals surface area contributed by atoms with Crippen LogP contribution in [0.2, 0.25) is 5.02 Å². The van der Waals surface area contributed by atoms with Crippen molar-refractivity contribution in [3.05, 3.63) is 28.8 Å².